The Labute approximate surface area is 104 Å². The molecular formula is C12H15N3O3. The summed E-state index contributed by atoms with van der Waals surface area (Å²) in [5, 5.41) is 14.9. The van der Waals surface area contributed by atoms with Gasteiger partial charge >= 0.3 is 0 Å². The van der Waals surface area contributed by atoms with Gasteiger partial charge in [-0.1, -0.05) is 6.07 Å². The van der Waals surface area contributed by atoms with Gasteiger partial charge in [0, 0.05) is 6.54 Å². The third kappa shape index (κ3) is 2.37. The van der Waals surface area contributed by atoms with Gasteiger partial charge in [0.15, 0.2) is 5.75 Å². The van der Waals surface area contributed by atoms with Gasteiger partial charge in [0.2, 0.25) is 5.91 Å². The van der Waals surface area contributed by atoms with Crippen LogP contribution in [0.2, 0.25) is 0 Å². The summed E-state index contributed by atoms with van der Waals surface area (Å²) >= 11 is 0. The minimum atomic E-state index is -0.549. The normalized spacial score (nSPS) is 19.1. The predicted octanol–water partition coefficient (Wildman–Crippen LogP) is -0.0172. The molecule has 1 atom stereocenters. The number of nitrogens with one attached hydrogen (secondary N) is 2. The molecule has 18 heavy (non-hydrogen) atoms. The number of aromatic hydroxyl groups is 1. The molecule has 96 valence electrons. The number of phenolic OH excluding ortho intramolecular Hbond substituents is 1. The van der Waals surface area contributed by atoms with E-state index in [1.807, 2.05) is 0 Å². The molecule has 1 unspecified atom stereocenters. The van der Waals surface area contributed by atoms with E-state index in [1.54, 1.807) is 6.07 Å². The number of rotatable bonds is 2. The van der Waals surface area contributed by atoms with Gasteiger partial charge in [-0.2, -0.15) is 0 Å². The van der Waals surface area contributed by atoms with Gasteiger partial charge in [-0.05, 0) is 25.0 Å². The zero-order valence-electron chi connectivity index (χ0n) is 9.77. The van der Waals surface area contributed by atoms with Crippen LogP contribution >= 0.6 is 0 Å². The first-order valence-corrected chi connectivity index (χ1v) is 5.75. The van der Waals surface area contributed by atoms with Gasteiger partial charge in [0.25, 0.3) is 5.91 Å². The standard InChI is InChI=1S/C12H15N3O3/c13-8-4-1-3-7(10(8)16)11(17)15-9-5-2-6-14-12(9)18/h1,3-4,9,16H,2,5-6,13H2,(H,14,18)(H,15,17). The molecule has 1 aromatic rings. The number of hydrogen-bond acceptors (Lipinski definition) is 4. The number of para-hydroxylation sites is 1. The number of hydrogen-bond donors (Lipinski definition) is 4. The molecule has 0 bridgehead atoms. The van der Waals surface area contributed by atoms with Gasteiger partial charge in [-0.15, -0.1) is 0 Å². The maximum absolute atomic E-state index is 11.9. The average Bonchev–Trinajstić information content (AvgIpc) is 2.35. The van der Waals surface area contributed by atoms with Crippen molar-refractivity contribution >= 4 is 17.5 Å². The molecule has 1 heterocycles. The second-order valence-corrected chi connectivity index (χ2v) is 4.20. The van der Waals surface area contributed by atoms with Crippen molar-refractivity contribution < 1.29 is 14.7 Å². The van der Waals surface area contributed by atoms with Crippen molar-refractivity contribution in [1.82, 2.24) is 10.6 Å². The fourth-order valence-electron chi connectivity index (χ4n) is 1.89. The lowest BCUT2D eigenvalue weighted by atomic mass is 10.1. The van der Waals surface area contributed by atoms with Crippen molar-refractivity contribution in [1.29, 1.82) is 0 Å². The Morgan fingerprint density at radius 3 is 3.00 bits per heavy atom. The summed E-state index contributed by atoms with van der Waals surface area (Å²) in [4.78, 5) is 23.4. The molecule has 0 aromatic heterocycles. The number of anilines is 1. The molecule has 2 amide bonds. The van der Waals surface area contributed by atoms with Crippen LogP contribution in [0.15, 0.2) is 18.2 Å². The molecular weight excluding hydrogens is 234 g/mol. The Bertz CT molecular complexity index is 487. The van der Waals surface area contributed by atoms with E-state index in [0.717, 1.165) is 6.42 Å². The first kappa shape index (κ1) is 12.2. The smallest absolute Gasteiger partial charge is 0.255 e. The Hall–Kier alpha value is -2.24. The number of benzene rings is 1. The van der Waals surface area contributed by atoms with Crippen molar-refractivity contribution in [3.8, 4) is 5.75 Å². The minimum Gasteiger partial charge on any atom is -0.505 e. The fraction of sp³-hybridized carbons (Fsp3) is 0.333. The number of amides is 2. The highest BCUT2D eigenvalue weighted by Crippen LogP contribution is 2.24. The van der Waals surface area contributed by atoms with E-state index in [1.165, 1.54) is 12.1 Å². The number of phenols is 1. The minimum absolute atomic E-state index is 0.0772. The molecule has 6 heteroatoms. The van der Waals surface area contributed by atoms with Gasteiger partial charge < -0.3 is 21.5 Å². The van der Waals surface area contributed by atoms with Crippen molar-refractivity contribution in [3.63, 3.8) is 0 Å². The summed E-state index contributed by atoms with van der Waals surface area (Å²) in [5.41, 5.74) is 5.72. The lowest BCUT2D eigenvalue weighted by molar-refractivity contribution is -0.124. The summed E-state index contributed by atoms with van der Waals surface area (Å²) in [5.74, 6) is -0.953. The summed E-state index contributed by atoms with van der Waals surface area (Å²) in [6, 6.07) is 3.98. The highest BCUT2D eigenvalue weighted by molar-refractivity contribution is 6.00. The molecule has 0 spiro atoms. The zero-order valence-corrected chi connectivity index (χ0v) is 9.77. The molecule has 1 aromatic carbocycles. The SMILES string of the molecule is Nc1cccc(C(=O)NC2CCCNC2=O)c1O. The van der Waals surface area contributed by atoms with Crippen LogP contribution in [0.3, 0.4) is 0 Å². The van der Waals surface area contributed by atoms with Crippen LogP contribution in [-0.2, 0) is 4.79 Å². The van der Waals surface area contributed by atoms with Gasteiger partial charge in [0.1, 0.15) is 6.04 Å². The molecule has 5 N–H and O–H groups in total. The molecule has 1 aliphatic rings. The lowest BCUT2D eigenvalue weighted by Crippen LogP contribution is -2.50. The largest absolute Gasteiger partial charge is 0.505 e. The van der Waals surface area contributed by atoms with E-state index in [0.29, 0.717) is 13.0 Å². The van der Waals surface area contributed by atoms with Crippen LogP contribution < -0.4 is 16.4 Å². The number of carbonyl (C=O) groups excluding carboxylic acids is 2. The van der Waals surface area contributed by atoms with E-state index >= 15 is 0 Å². The molecule has 0 radical (unpaired) electrons. The van der Waals surface area contributed by atoms with Crippen LogP contribution in [0.4, 0.5) is 5.69 Å². The summed E-state index contributed by atoms with van der Waals surface area (Å²) in [6.45, 7) is 0.634. The van der Waals surface area contributed by atoms with Crippen LogP contribution in [0.1, 0.15) is 23.2 Å². The van der Waals surface area contributed by atoms with E-state index in [9.17, 15) is 14.7 Å². The average molecular weight is 249 g/mol. The predicted molar refractivity (Wildman–Crippen MR) is 66.0 cm³/mol. The molecule has 1 fully saturated rings. The summed E-state index contributed by atoms with van der Waals surface area (Å²) < 4.78 is 0. The third-order valence-corrected chi connectivity index (χ3v) is 2.90. The Balaban J connectivity index is 2.12. The first-order valence-electron chi connectivity index (χ1n) is 5.75. The van der Waals surface area contributed by atoms with Crippen molar-refractivity contribution in [3.05, 3.63) is 23.8 Å². The van der Waals surface area contributed by atoms with E-state index in [4.69, 9.17) is 5.73 Å². The molecule has 1 aliphatic heterocycles. The monoisotopic (exact) mass is 249 g/mol. The molecule has 0 saturated carbocycles. The van der Waals surface area contributed by atoms with Crippen molar-refractivity contribution in [2.24, 2.45) is 0 Å². The Morgan fingerprint density at radius 1 is 1.50 bits per heavy atom. The number of nitrogen functional groups attached to an aromatic ring is 1. The van der Waals surface area contributed by atoms with E-state index < -0.39 is 11.9 Å². The van der Waals surface area contributed by atoms with Gasteiger partial charge in [-0.25, -0.2) is 0 Å². The topological polar surface area (TPSA) is 104 Å². The second kappa shape index (κ2) is 4.95. The molecule has 1 saturated heterocycles. The lowest BCUT2D eigenvalue weighted by Gasteiger charge is -2.22. The highest BCUT2D eigenvalue weighted by atomic mass is 16.3. The summed E-state index contributed by atoms with van der Waals surface area (Å²) in [6.07, 6.45) is 1.42. The van der Waals surface area contributed by atoms with Gasteiger partial charge in [0.05, 0.1) is 11.3 Å². The molecule has 0 aliphatic carbocycles. The molecule has 2 rings (SSSR count). The van der Waals surface area contributed by atoms with E-state index in [2.05, 4.69) is 10.6 Å². The fourth-order valence-corrected chi connectivity index (χ4v) is 1.89. The Morgan fingerprint density at radius 2 is 2.28 bits per heavy atom. The summed E-state index contributed by atoms with van der Waals surface area (Å²) in [7, 11) is 0. The van der Waals surface area contributed by atoms with Crippen LogP contribution in [0.5, 0.6) is 5.75 Å². The maximum Gasteiger partial charge on any atom is 0.255 e. The number of carbonyl (C=O) groups is 2. The van der Waals surface area contributed by atoms with E-state index in [-0.39, 0.29) is 22.9 Å². The van der Waals surface area contributed by atoms with Crippen LogP contribution in [-0.4, -0.2) is 29.5 Å². The highest BCUT2D eigenvalue weighted by Gasteiger charge is 2.25. The number of nitrogens with two attached hydrogens (primary N) is 1. The number of piperidine rings is 1. The van der Waals surface area contributed by atoms with Crippen LogP contribution in [0, 0.1) is 0 Å². The maximum atomic E-state index is 11.9. The zero-order chi connectivity index (χ0) is 13.1. The second-order valence-electron chi connectivity index (χ2n) is 4.20. The quantitative estimate of drug-likeness (QED) is 0.437. The van der Waals surface area contributed by atoms with Gasteiger partial charge in [-0.3, -0.25) is 9.59 Å². The molecule has 6 nitrogen and oxygen atoms in total. The first-order chi connectivity index (χ1) is 8.59. The van der Waals surface area contributed by atoms with Crippen molar-refractivity contribution in [2.75, 3.05) is 12.3 Å². The third-order valence-electron chi connectivity index (χ3n) is 2.90. The Kier molecular flexibility index (Phi) is 3.36. The van der Waals surface area contributed by atoms with Crippen LogP contribution in [0.25, 0.3) is 0 Å². The van der Waals surface area contributed by atoms with Crippen molar-refractivity contribution in [2.45, 2.75) is 18.9 Å².